The average Bonchev–Trinajstić information content (AvgIpc) is 2.92. The molecule has 28 heavy (non-hydrogen) atoms. The molecule has 1 N–H and O–H groups in total. The Balaban J connectivity index is 1.54. The third-order valence-corrected chi connectivity index (χ3v) is 4.74. The molecule has 0 aliphatic carbocycles. The van der Waals surface area contributed by atoms with Gasteiger partial charge < -0.3 is 10.2 Å². The van der Waals surface area contributed by atoms with Crippen LogP contribution in [0.1, 0.15) is 11.3 Å². The van der Waals surface area contributed by atoms with Crippen LogP contribution in [-0.2, 0) is 18.0 Å². The molecule has 1 saturated heterocycles. The molecule has 1 aliphatic rings. The number of hydrogen-bond donors (Lipinski definition) is 1. The Hall–Kier alpha value is -2.33. The van der Waals surface area contributed by atoms with E-state index in [1.807, 2.05) is 16.7 Å². The monoisotopic (exact) mass is 416 g/mol. The standard InChI is InChI=1S/C17H20ClF3N6O/c1-11-7-14(25(2)24-11)23-15(28)10-26-3-5-27(6-4-26)16-13(18)8-12(9-22-16)17(19,20)21/h7-9H,3-6,10H2,1-2H3,(H,23,28). The molecule has 0 aromatic carbocycles. The number of nitrogens with one attached hydrogen (secondary N) is 1. The number of hydrogen-bond acceptors (Lipinski definition) is 5. The van der Waals surface area contributed by atoms with Gasteiger partial charge in [-0.2, -0.15) is 18.3 Å². The summed E-state index contributed by atoms with van der Waals surface area (Å²) in [6.45, 7) is 4.21. The number of nitrogens with zero attached hydrogens (tertiary/aromatic N) is 5. The van der Waals surface area contributed by atoms with E-state index in [9.17, 15) is 18.0 Å². The van der Waals surface area contributed by atoms with Crippen molar-refractivity contribution in [2.24, 2.45) is 7.05 Å². The first-order valence-electron chi connectivity index (χ1n) is 8.64. The second kappa shape index (κ2) is 7.96. The van der Waals surface area contributed by atoms with Crippen LogP contribution in [0.25, 0.3) is 0 Å². The molecule has 1 aliphatic heterocycles. The molecule has 3 rings (SSSR count). The number of carbonyl (C=O) groups excluding carboxylic acids is 1. The highest BCUT2D eigenvalue weighted by atomic mass is 35.5. The molecule has 1 amide bonds. The molecule has 1 fully saturated rings. The van der Waals surface area contributed by atoms with Crippen molar-refractivity contribution in [2.75, 3.05) is 42.9 Å². The number of anilines is 2. The summed E-state index contributed by atoms with van der Waals surface area (Å²) >= 11 is 6.01. The third kappa shape index (κ3) is 4.74. The van der Waals surface area contributed by atoms with Crippen molar-refractivity contribution >= 4 is 29.1 Å². The number of piperazine rings is 1. The summed E-state index contributed by atoms with van der Waals surface area (Å²) in [5.41, 5.74) is -0.0608. The van der Waals surface area contributed by atoms with Crippen LogP contribution in [0.2, 0.25) is 5.02 Å². The smallest absolute Gasteiger partial charge is 0.353 e. The zero-order valence-electron chi connectivity index (χ0n) is 15.4. The van der Waals surface area contributed by atoms with Crippen molar-refractivity contribution in [3.8, 4) is 0 Å². The van der Waals surface area contributed by atoms with Gasteiger partial charge in [0.25, 0.3) is 0 Å². The predicted molar refractivity (Wildman–Crippen MR) is 99.5 cm³/mol. The summed E-state index contributed by atoms with van der Waals surface area (Å²) in [4.78, 5) is 19.9. The van der Waals surface area contributed by atoms with Gasteiger partial charge in [0.1, 0.15) is 11.6 Å². The lowest BCUT2D eigenvalue weighted by Crippen LogP contribution is -2.49. The van der Waals surface area contributed by atoms with Crippen LogP contribution in [-0.4, -0.2) is 58.3 Å². The fraction of sp³-hybridized carbons (Fsp3) is 0.471. The van der Waals surface area contributed by atoms with E-state index >= 15 is 0 Å². The lowest BCUT2D eigenvalue weighted by Gasteiger charge is -2.35. The largest absolute Gasteiger partial charge is 0.417 e. The molecule has 0 spiro atoms. The number of carbonyl (C=O) groups is 1. The molecule has 2 aromatic heterocycles. The molecular weight excluding hydrogens is 397 g/mol. The molecule has 0 atom stereocenters. The van der Waals surface area contributed by atoms with Crippen molar-refractivity contribution < 1.29 is 18.0 Å². The van der Waals surface area contributed by atoms with E-state index in [0.29, 0.717) is 37.8 Å². The topological polar surface area (TPSA) is 66.3 Å². The Morgan fingerprint density at radius 3 is 2.46 bits per heavy atom. The van der Waals surface area contributed by atoms with Gasteiger partial charge in [0.2, 0.25) is 5.91 Å². The molecule has 11 heteroatoms. The maximum Gasteiger partial charge on any atom is 0.417 e. The van der Waals surface area contributed by atoms with Gasteiger partial charge in [-0.05, 0) is 13.0 Å². The molecule has 3 heterocycles. The van der Waals surface area contributed by atoms with E-state index in [4.69, 9.17) is 11.6 Å². The van der Waals surface area contributed by atoms with Gasteiger partial charge >= 0.3 is 6.18 Å². The number of pyridine rings is 1. The van der Waals surface area contributed by atoms with Gasteiger partial charge in [0.15, 0.2) is 0 Å². The van der Waals surface area contributed by atoms with E-state index < -0.39 is 11.7 Å². The summed E-state index contributed by atoms with van der Waals surface area (Å²) in [6, 6.07) is 2.67. The van der Waals surface area contributed by atoms with Crippen LogP contribution < -0.4 is 10.2 Å². The van der Waals surface area contributed by atoms with Gasteiger partial charge in [-0.25, -0.2) is 4.98 Å². The molecule has 152 valence electrons. The van der Waals surface area contributed by atoms with Gasteiger partial charge in [0, 0.05) is 45.5 Å². The highest BCUT2D eigenvalue weighted by molar-refractivity contribution is 6.33. The summed E-state index contributed by atoms with van der Waals surface area (Å²) < 4.78 is 39.8. The van der Waals surface area contributed by atoms with E-state index in [2.05, 4.69) is 15.4 Å². The summed E-state index contributed by atoms with van der Waals surface area (Å²) in [6.07, 6.45) is -3.69. The van der Waals surface area contributed by atoms with Crippen molar-refractivity contribution in [3.05, 3.63) is 34.6 Å². The Bertz CT molecular complexity index is 861. The van der Waals surface area contributed by atoms with Crippen LogP contribution in [0.3, 0.4) is 0 Å². The first-order chi connectivity index (χ1) is 13.1. The zero-order valence-corrected chi connectivity index (χ0v) is 16.2. The number of rotatable bonds is 4. The fourth-order valence-corrected chi connectivity index (χ4v) is 3.34. The Labute approximate surface area is 165 Å². The van der Waals surface area contributed by atoms with Crippen molar-refractivity contribution in [3.63, 3.8) is 0 Å². The lowest BCUT2D eigenvalue weighted by atomic mass is 10.2. The normalized spacial score (nSPS) is 15.7. The lowest BCUT2D eigenvalue weighted by molar-refractivity contribution is -0.137. The Morgan fingerprint density at radius 2 is 1.93 bits per heavy atom. The molecule has 0 saturated carbocycles. The minimum Gasteiger partial charge on any atom is -0.353 e. The minimum atomic E-state index is -4.48. The second-order valence-corrected chi connectivity index (χ2v) is 7.04. The quantitative estimate of drug-likeness (QED) is 0.829. The minimum absolute atomic E-state index is 0.0346. The van der Waals surface area contributed by atoms with Crippen LogP contribution in [0.4, 0.5) is 24.8 Å². The van der Waals surface area contributed by atoms with E-state index in [1.54, 1.807) is 17.8 Å². The Morgan fingerprint density at radius 1 is 1.25 bits per heavy atom. The Kier molecular flexibility index (Phi) is 5.80. The van der Waals surface area contributed by atoms with E-state index in [0.717, 1.165) is 18.0 Å². The summed E-state index contributed by atoms with van der Waals surface area (Å²) in [5, 5.41) is 6.96. The zero-order chi connectivity index (χ0) is 20.5. The molecule has 0 radical (unpaired) electrons. The fourth-order valence-electron chi connectivity index (χ4n) is 3.05. The molecule has 0 bridgehead atoms. The number of aryl methyl sites for hydroxylation is 2. The number of aromatic nitrogens is 3. The summed E-state index contributed by atoms with van der Waals surface area (Å²) in [7, 11) is 1.75. The van der Waals surface area contributed by atoms with Crippen molar-refractivity contribution in [1.29, 1.82) is 0 Å². The number of amides is 1. The summed E-state index contributed by atoms with van der Waals surface area (Å²) in [5.74, 6) is 0.799. The molecular formula is C17H20ClF3N6O. The average molecular weight is 417 g/mol. The molecule has 7 nitrogen and oxygen atoms in total. The maximum atomic E-state index is 12.7. The van der Waals surface area contributed by atoms with Gasteiger partial charge in [-0.15, -0.1) is 0 Å². The van der Waals surface area contributed by atoms with E-state index in [-0.39, 0.29) is 17.5 Å². The van der Waals surface area contributed by atoms with Crippen molar-refractivity contribution in [1.82, 2.24) is 19.7 Å². The van der Waals surface area contributed by atoms with Crippen molar-refractivity contribution in [2.45, 2.75) is 13.1 Å². The highest BCUT2D eigenvalue weighted by Gasteiger charge is 2.32. The van der Waals surface area contributed by atoms with Gasteiger partial charge in [-0.1, -0.05) is 11.6 Å². The van der Waals surface area contributed by atoms with Crippen LogP contribution in [0.5, 0.6) is 0 Å². The van der Waals surface area contributed by atoms with Crippen LogP contribution in [0, 0.1) is 6.92 Å². The van der Waals surface area contributed by atoms with Crippen LogP contribution >= 0.6 is 11.6 Å². The second-order valence-electron chi connectivity index (χ2n) is 6.63. The van der Waals surface area contributed by atoms with E-state index in [1.165, 1.54) is 0 Å². The maximum absolute atomic E-state index is 12.7. The molecule has 0 unspecified atom stereocenters. The number of alkyl halides is 3. The third-order valence-electron chi connectivity index (χ3n) is 4.46. The predicted octanol–water partition coefficient (Wildman–Crippen LogP) is 2.56. The number of halogens is 4. The first-order valence-corrected chi connectivity index (χ1v) is 9.02. The SMILES string of the molecule is Cc1cc(NC(=O)CN2CCN(c3ncc(C(F)(F)F)cc3Cl)CC2)n(C)n1. The highest BCUT2D eigenvalue weighted by Crippen LogP contribution is 2.33. The van der Waals surface area contributed by atoms with Crippen LogP contribution in [0.15, 0.2) is 18.3 Å². The molecule has 2 aromatic rings. The van der Waals surface area contributed by atoms with Gasteiger partial charge in [-0.3, -0.25) is 14.4 Å². The first kappa shape index (κ1) is 20.4. The van der Waals surface area contributed by atoms with Gasteiger partial charge in [0.05, 0.1) is 22.8 Å².